The molecule has 35 heavy (non-hydrogen) atoms. The quantitative estimate of drug-likeness (QED) is 0.578. The zero-order valence-electron chi connectivity index (χ0n) is 20.2. The molecule has 178 valence electrons. The molecule has 8 nitrogen and oxygen atoms in total. The van der Waals surface area contributed by atoms with Crippen LogP contribution in [-0.2, 0) is 7.05 Å². The highest BCUT2D eigenvalue weighted by molar-refractivity contribution is 5.93. The molecule has 3 atom stereocenters. The van der Waals surface area contributed by atoms with E-state index in [-0.39, 0.29) is 23.7 Å². The SMILES string of the molecule is CC[C@@H]1CN2c3c(c(=O)n(C)c4ccc(C#N)nc34)OC[C@@H]2CN1[C@H](CC)c1ccc(C#N)cc1. The first-order valence-electron chi connectivity index (χ1n) is 12.1. The zero-order valence-corrected chi connectivity index (χ0v) is 20.2. The molecular formula is C27H28N6O2. The van der Waals surface area contributed by atoms with E-state index < -0.39 is 0 Å². The minimum atomic E-state index is -0.183. The molecule has 0 amide bonds. The van der Waals surface area contributed by atoms with Crippen LogP contribution in [0, 0.1) is 22.7 Å². The number of hydrogen-bond donors (Lipinski definition) is 0. The van der Waals surface area contributed by atoms with Crippen molar-refractivity contribution in [2.24, 2.45) is 7.05 Å². The Kier molecular flexibility index (Phi) is 5.92. The third-order valence-electron chi connectivity index (χ3n) is 7.42. The summed E-state index contributed by atoms with van der Waals surface area (Å²) in [5.41, 5.74) is 4.03. The van der Waals surface area contributed by atoms with Crippen LogP contribution in [0.15, 0.2) is 41.2 Å². The fraction of sp³-hybridized carbons (Fsp3) is 0.407. The Balaban J connectivity index is 1.57. The highest BCUT2D eigenvalue weighted by Gasteiger charge is 2.42. The second kappa shape index (κ2) is 9.05. The summed E-state index contributed by atoms with van der Waals surface area (Å²) >= 11 is 0. The van der Waals surface area contributed by atoms with Gasteiger partial charge in [-0.1, -0.05) is 26.0 Å². The van der Waals surface area contributed by atoms with Crippen molar-refractivity contribution in [1.82, 2.24) is 14.5 Å². The van der Waals surface area contributed by atoms with Gasteiger partial charge in [0.05, 0.1) is 23.2 Å². The van der Waals surface area contributed by atoms with Crippen LogP contribution in [0.3, 0.4) is 0 Å². The van der Waals surface area contributed by atoms with E-state index in [1.54, 1.807) is 23.7 Å². The number of ether oxygens (including phenoxy) is 1. The predicted octanol–water partition coefficient (Wildman–Crippen LogP) is 3.49. The van der Waals surface area contributed by atoms with E-state index >= 15 is 0 Å². The van der Waals surface area contributed by atoms with Crippen molar-refractivity contribution in [2.45, 2.75) is 44.8 Å². The maximum absolute atomic E-state index is 13.1. The van der Waals surface area contributed by atoms with Gasteiger partial charge in [-0.2, -0.15) is 10.5 Å². The molecule has 0 radical (unpaired) electrons. The minimum absolute atomic E-state index is 0.0561. The van der Waals surface area contributed by atoms with Crippen LogP contribution >= 0.6 is 0 Å². The van der Waals surface area contributed by atoms with E-state index in [0.717, 1.165) is 25.9 Å². The van der Waals surface area contributed by atoms with Crippen molar-refractivity contribution in [3.05, 3.63) is 63.6 Å². The van der Waals surface area contributed by atoms with Crippen LogP contribution in [-0.4, -0.2) is 46.2 Å². The van der Waals surface area contributed by atoms with Gasteiger partial charge in [-0.25, -0.2) is 4.98 Å². The number of rotatable bonds is 4. The average molecular weight is 469 g/mol. The van der Waals surface area contributed by atoms with E-state index in [9.17, 15) is 15.3 Å². The predicted molar refractivity (Wildman–Crippen MR) is 133 cm³/mol. The maximum Gasteiger partial charge on any atom is 0.295 e. The number of pyridine rings is 2. The third kappa shape index (κ3) is 3.71. The molecule has 0 bridgehead atoms. The van der Waals surface area contributed by atoms with Gasteiger partial charge in [-0.15, -0.1) is 0 Å². The van der Waals surface area contributed by atoms with Gasteiger partial charge in [0.25, 0.3) is 5.56 Å². The first-order chi connectivity index (χ1) is 17.0. The Morgan fingerprint density at radius 3 is 2.54 bits per heavy atom. The van der Waals surface area contributed by atoms with Crippen LogP contribution in [0.25, 0.3) is 11.0 Å². The summed E-state index contributed by atoms with van der Waals surface area (Å²) in [6.07, 6.45) is 1.90. The average Bonchev–Trinajstić information content (AvgIpc) is 2.91. The van der Waals surface area contributed by atoms with Gasteiger partial charge in [0.15, 0.2) is 0 Å². The van der Waals surface area contributed by atoms with Crippen LogP contribution in [0.1, 0.15) is 49.6 Å². The second-order valence-electron chi connectivity index (χ2n) is 9.25. The molecule has 3 aromatic rings. The number of benzene rings is 1. The molecule has 4 heterocycles. The molecule has 2 aliphatic rings. The van der Waals surface area contributed by atoms with E-state index in [4.69, 9.17) is 4.74 Å². The highest BCUT2D eigenvalue weighted by atomic mass is 16.5. The normalized spacial score (nSPS) is 20.3. The van der Waals surface area contributed by atoms with Crippen molar-refractivity contribution >= 4 is 16.7 Å². The summed E-state index contributed by atoms with van der Waals surface area (Å²) in [5.74, 6) is 0.321. The Morgan fingerprint density at radius 2 is 1.89 bits per heavy atom. The summed E-state index contributed by atoms with van der Waals surface area (Å²) in [6.45, 7) is 6.33. The standard InChI is InChI=1S/C27H28N6O2/c1-4-20-14-33-21(15-32(20)22(5-2)18-8-6-17(12-28)7-9-18)16-35-26-25(33)24-23(31(3)27(26)34)11-10-19(13-29)30-24/h6-11,20-22H,4-5,14-16H2,1-3H3/t20-,21+,22-/m1/s1. The van der Waals surface area contributed by atoms with Crippen molar-refractivity contribution in [1.29, 1.82) is 10.5 Å². The number of piperazine rings is 1. The lowest BCUT2D eigenvalue weighted by Gasteiger charge is -2.51. The molecule has 2 aromatic heterocycles. The number of nitrogens with zero attached hydrogens (tertiary/aromatic N) is 6. The molecular weight excluding hydrogens is 440 g/mol. The van der Waals surface area contributed by atoms with E-state index in [2.05, 4.69) is 52.9 Å². The molecule has 1 saturated heterocycles. The van der Waals surface area contributed by atoms with Crippen LogP contribution < -0.4 is 15.2 Å². The van der Waals surface area contributed by atoms with E-state index in [1.165, 1.54) is 5.56 Å². The van der Waals surface area contributed by atoms with Crippen molar-refractivity contribution in [3.8, 4) is 17.9 Å². The first-order valence-corrected chi connectivity index (χ1v) is 12.1. The van der Waals surface area contributed by atoms with E-state index in [0.29, 0.717) is 40.3 Å². The number of aryl methyl sites for hydroxylation is 1. The Hall–Kier alpha value is -3.88. The number of hydrogen-bond acceptors (Lipinski definition) is 7. The maximum atomic E-state index is 13.1. The van der Waals surface area contributed by atoms with Gasteiger partial charge in [0.2, 0.25) is 5.75 Å². The highest BCUT2D eigenvalue weighted by Crippen LogP contribution is 2.41. The van der Waals surface area contributed by atoms with Gasteiger partial charge < -0.3 is 14.2 Å². The molecule has 0 spiro atoms. The minimum Gasteiger partial charge on any atom is -0.484 e. The van der Waals surface area contributed by atoms with Crippen LogP contribution in [0.2, 0.25) is 0 Å². The third-order valence-corrected chi connectivity index (χ3v) is 7.42. The molecule has 0 unspecified atom stereocenters. The Bertz CT molecular complexity index is 1420. The summed E-state index contributed by atoms with van der Waals surface area (Å²) in [6, 6.07) is 16.2. The van der Waals surface area contributed by atoms with Gasteiger partial charge >= 0.3 is 0 Å². The fourth-order valence-electron chi connectivity index (χ4n) is 5.58. The summed E-state index contributed by atoms with van der Waals surface area (Å²) in [5, 5.41) is 18.6. The lowest BCUT2D eigenvalue weighted by molar-refractivity contribution is 0.0720. The van der Waals surface area contributed by atoms with Gasteiger partial charge in [0.1, 0.15) is 29.6 Å². The zero-order chi connectivity index (χ0) is 24.7. The molecule has 0 saturated carbocycles. The van der Waals surface area contributed by atoms with Gasteiger partial charge in [-0.05, 0) is 42.7 Å². The van der Waals surface area contributed by atoms with Crippen molar-refractivity contribution in [3.63, 3.8) is 0 Å². The number of nitriles is 2. The Morgan fingerprint density at radius 1 is 1.11 bits per heavy atom. The molecule has 0 aliphatic carbocycles. The molecule has 1 aromatic carbocycles. The van der Waals surface area contributed by atoms with Gasteiger partial charge in [0, 0.05) is 32.2 Å². The summed E-state index contributed by atoms with van der Waals surface area (Å²) in [4.78, 5) is 22.6. The molecule has 8 heteroatoms. The largest absolute Gasteiger partial charge is 0.484 e. The van der Waals surface area contributed by atoms with E-state index in [1.807, 2.05) is 12.1 Å². The first kappa shape index (κ1) is 22.9. The molecule has 1 fully saturated rings. The fourth-order valence-corrected chi connectivity index (χ4v) is 5.58. The molecule has 0 N–H and O–H groups in total. The molecule has 2 aliphatic heterocycles. The number of fused-ring (bicyclic) bond motifs is 5. The van der Waals surface area contributed by atoms with Crippen LogP contribution in [0.5, 0.6) is 5.75 Å². The summed E-state index contributed by atoms with van der Waals surface area (Å²) in [7, 11) is 1.71. The lowest BCUT2D eigenvalue weighted by atomic mass is 9.94. The van der Waals surface area contributed by atoms with Gasteiger partial charge in [-0.3, -0.25) is 9.69 Å². The number of anilines is 1. The topological polar surface area (TPSA) is 98.2 Å². The number of aromatic nitrogens is 2. The Labute approximate surface area is 204 Å². The van der Waals surface area contributed by atoms with Crippen LogP contribution in [0.4, 0.5) is 5.69 Å². The van der Waals surface area contributed by atoms with Crippen molar-refractivity contribution < 1.29 is 4.74 Å². The van der Waals surface area contributed by atoms with Crippen molar-refractivity contribution in [2.75, 3.05) is 24.6 Å². The second-order valence-corrected chi connectivity index (χ2v) is 9.25. The lowest BCUT2D eigenvalue weighted by Crippen LogP contribution is -2.62. The summed E-state index contributed by atoms with van der Waals surface area (Å²) < 4.78 is 7.64. The monoisotopic (exact) mass is 468 g/mol. The molecule has 5 rings (SSSR count). The smallest absolute Gasteiger partial charge is 0.295 e.